The van der Waals surface area contributed by atoms with Crippen molar-refractivity contribution in [2.24, 2.45) is 5.10 Å². The summed E-state index contributed by atoms with van der Waals surface area (Å²) in [7, 11) is -0.513. The normalized spacial score (nSPS) is 17.7. The number of benzene rings is 1. The van der Waals surface area contributed by atoms with Crippen LogP contribution in [0.1, 0.15) is 23.8 Å². The molecule has 0 fully saturated rings. The van der Waals surface area contributed by atoms with Crippen LogP contribution in [0, 0.1) is 0 Å². The van der Waals surface area contributed by atoms with Crippen LogP contribution in [0.5, 0.6) is 11.5 Å². The Kier molecular flexibility index (Phi) is 4.23. The molecule has 2 aromatic rings. The Morgan fingerprint density at radius 2 is 1.83 bits per heavy atom. The van der Waals surface area contributed by atoms with Gasteiger partial charge in [-0.1, -0.05) is 6.07 Å². The summed E-state index contributed by atoms with van der Waals surface area (Å²) in [6.07, 6.45) is 3.01. The van der Waals surface area contributed by atoms with E-state index in [4.69, 9.17) is 13.9 Å². The van der Waals surface area contributed by atoms with Crippen LogP contribution in [0.2, 0.25) is 0 Å². The topological polar surface area (TPSA) is 81.3 Å². The molecule has 0 N–H and O–H groups in total. The average Bonchev–Trinajstić information content (AvgIpc) is 3.22. The van der Waals surface area contributed by atoms with E-state index >= 15 is 0 Å². The fourth-order valence-electron chi connectivity index (χ4n) is 2.81. The van der Waals surface area contributed by atoms with Crippen LogP contribution in [0.25, 0.3) is 0 Å². The van der Waals surface area contributed by atoms with Crippen LogP contribution < -0.4 is 9.47 Å². The number of hydrogen-bond donors (Lipinski definition) is 0. The third-order valence-electron chi connectivity index (χ3n) is 3.82. The van der Waals surface area contributed by atoms with Crippen molar-refractivity contribution < 1.29 is 22.3 Å². The van der Waals surface area contributed by atoms with Crippen molar-refractivity contribution in [3.63, 3.8) is 0 Å². The van der Waals surface area contributed by atoms with Crippen molar-refractivity contribution in [2.45, 2.75) is 12.5 Å². The Hall–Kier alpha value is -2.48. The summed E-state index contributed by atoms with van der Waals surface area (Å²) in [5.41, 5.74) is 1.20. The van der Waals surface area contributed by atoms with Gasteiger partial charge in [0.25, 0.3) is 0 Å². The monoisotopic (exact) mass is 350 g/mol. The maximum atomic E-state index is 12.2. The van der Waals surface area contributed by atoms with Crippen LogP contribution in [0.3, 0.4) is 0 Å². The van der Waals surface area contributed by atoms with Gasteiger partial charge in [0.1, 0.15) is 29.0 Å². The Bertz CT molecular complexity index is 836. The van der Waals surface area contributed by atoms with Gasteiger partial charge in [0.05, 0.1) is 32.3 Å². The van der Waals surface area contributed by atoms with Gasteiger partial charge in [-0.25, -0.2) is 8.42 Å². The standard InChI is InChI=1S/C16H18N2O5S/c1-21-14-6-4-7-15(22-2)16(14)12-10-11(13-8-5-9-23-13)17-18(12)24(3,19)20/h4-9,12H,10H2,1-3H3. The van der Waals surface area contributed by atoms with E-state index in [9.17, 15) is 8.42 Å². The molecule has 1 atom stereocenters. The van der Waals surface area contributed by atoms with Crippen molar-refractivity contribution in [1.29, 1.82) is 0 Å². The summed E-state index contributed by atoms with van der Waals surface area (Å²) < 4.78 is 41.7. The van der Waals surface area contributed by atoms with Crippen LogP contribution in [0.4, 0.5) is 0 Å². The number of hydrogen-bond acceptors (Lipinski definition) is 6. The number of methoxy groups -OCH3 is 2. The van der Waals surface area contributed by atoms with Gasteiger partial charge < -0.3 is 13.9 Å². The molecule has 2 heterocycles. The number of rotatable bonds is 5. The third-order valence-corrected chi connectivity index (χ3v) is 4.83. The molecule has 0 amide bonds. The smallest absolute Gasteiger partial charge is 0.247 e. The summed E-state index contributed by atoms with van der Waals surface area (Å²) in [4.78, 5) is 0. The number of furan rings is 1. The van der Waals surface area contributed by atoms with E-state index in [1.54, 1.807) is 30.3 Å². The molecule has 7 nitrogen and oxygen atoms in total. The zero-order chi connectivity index (χ0) is 17.3. The Labute approximate surface area is 140 Å². The van der Waals surface area contributed by atoms with E-state index in [-0.39, 0.29) is 0 Å². The molecule has 0 saturated carbocycles. The van der Waals surface area contributed by atoms with Crippen molar-refractivity contribution in [1.82, 2.24) is 4.41 Å². The van der Waals surface area contributed by atoms with Gasteiger partial charge in [0, 0.05) is 6.42 Å². The molecular formula is C16H18N2O5S. The van der Waals surface area contributed by atoms with Gasteiger partial charge in [-0.2, -0.15) is 9.52 Å². The van der Waals surface area contributed by atoms with E-state index in [1.165, 1.54) is 20.5 Å². The van der Waals surface area contributed by atoms with Crippen molar-refractivity contribution in [3.05, 3.63) is 47.9 Å². The zero-order valence-corrected chi connectivity index (χ0v) is 14.4. The summed E-state index contributed by atoms with van der Waals surface area (Å²) in [5, 5.41) is 4.27. The molecule has 1 unspecified atom stereocenters. The second-order valence-corrected chi connectivity index (χ2v) is 7.20. The second-order valence-electron chi connectivity index (χ2n) is 5.36. The number of hydrazone groups is 1. The van der Waals surface area contributed by atoms with E-state index < -0.39 is 16.1 Å². The molecule has 0 aliphatic carbocycles. The van der Waals surface area contributed by atoms with E-state index in [1.807, 2.05) is 0 Å². The molecule has 1 aliphatic heterocycles. The van der Waals surface area contributed by atoms with Crippen LogP contribution in [-0.2, 0) is 10.0 Å². The minimum atomic E-state index is -3.58. The minimum absolute atomic E-state index is 0.358. The van der Waals surface area contributed by atoms with Gasteiger partial charge in [0.15, 0.2) is 0 Å². The highest BCUT2D eigenvalue weighted by Crippen LogP contribution is 2.43. The minimum Gasteiger partial charge on any atom is -0.496 e. The first kappa shape index (κ1) is 16.4. The maximum absolute atomic E-state index is 12.2. The predicted octanol–water partition coefficient (Wildman–Crippen LogP) is 2.41. The molecule has 1 aromatic heterocycles. The van der Waals surface area contributed by atoms with E-state index in [2.05, 4.69) is 5.10 Å². The SMILES string of the molecule is COc1cccc(OC)c1C1CC(c2ccco2)=NN1S(C)(=O)=O. The number of ether oxygens (including phenoxy) is 2. The van der Waals surface area contributed by atoms with Gasteiger partial charge in [-0.15, -0.1) is 0 Å². The summed E-state index contributed by atoms with van der Waals surface area (Å²) >= 11 is 0. The first-order valence-electron chi connectivity index (χ1n) is 7.27. The third kappa shape index (κ3) is 2.84. The van der Waals surface area contributed by atoms with Gasteiger partial charge in [-0.05, 0) is 24.3 Å². The molecule has 0 bridgehead atoms. The van der Waals surface area contributed by atoms with Gasteiger partial charge >= 0.3 is 0 Å². The Balaban J connectivity index is 2.11. The number of sulfonamides is 1. The highest BCUT2D eigenvalue weighted by atomic mass is 32.2. The highest BCUT2D eigenvalue weighted by Gasteiger charge is 2.38. The maximum Gasteiger partial charge on any atom is 0.247 e. The van der Waals surface area contributed by atoms with Crippen molar-refractivity contribution in [2.75, 3.05) is 20.5 Å². The predicted molar refractivity (Wildman–Crippen MR) is 88.8 cm³/mol. The zero-order valence-electron chi connectivity index (χ0n) is 13.6. The van der Waals surface area contributed by atoms with E-state index in [0.717, 1.165) is 10.7 Å². The molecular weight excluding hydrogens is 332 g/mol. The number of nitrogens with zero attached hydrogens (tertiary/aromatic N) is 2. The van der Waals surface area contributed by atoms with Crippen LogP contribution in [-0.4, -0.2) is 39.0 Å². The highest BCUT2D eigenvalue weighted by molar-refractivity contribution is 7.88. The molecule has 1 aliphatic rings. The largest absolute Gasteiger partial charge is 0.496 e. The second kappa shape index (κ2) is 6.20. The lowest BCUT2D eigenvalue weighted by molar-refractivity contribution is 0.332. The molecule has 128 valence electrons. The first-order chi connectivity index (χ1) is 11.5. The lowest BCUT2D eigenvalue weighted by atomic mass is 10.00. The van der Waals surface area contributed by atoms with Crippen LogP contribution >= 0.6 is 0 Å². The average molecular weight is 350 g/mol. The van der Waals surface area contributed by atoms with Crippen molar-refractivity contribution in [3.8, 4) is 11.5 Å². The van der Waals surface area contributed by atoms with Gasteiger partial charge in [0.2, 0.25) is 10.0 Å². The Morgan fingerprint density at radius 3 is 2.33 bits per heavy atom. The molecule has 8 heteroatoms. The lowest BCUT2D eigenvalue weighted by Gasteiger charge is -2.24. The molecule has 0 spiro atoms. The summed E-state index contributed by atoms with van der Waals surface area (Å²) in [5.74, 6) is 1.63. The molecule has 24 heavy (non-hydrogen) atoms. The first-order valence-corrected chi connectivity index (χ1v) is 9.12. The van der Waals surface area contributed by atoms with Crippen LogP contribution in [0.15, 0.2) is 46.1 Å². The molecule has 0 radical (unpaired) electrons. The molecule has 3 rings (SSSR count). The Morgan fingerprint density at radius 1 is 1.17 bits per heavy atom. The summed E-state index contributed by atoms with van der Waals surface area (Å²) in [6.45, 7) is 0. The van der Waals surface area contributed by atoms with Gasteiger partial charge in [-0.3, -0.25) is 0 Å². The molecule has 0 saturated heterocycles. The fourth-order valence-corrected chi connectivity index (χ4v) is 3.70. The fraction of sp³-hybridized carbons (Fsp3) is 0.312. The summed E-state index contributed by atoms with van der Waals surface area (Å²) in [6, 6.07) is 8.24. The van der Waals surface area contributed by atoms with E-state index in [0.29, 0.717) is 35.0 Å². The molecule has 1 aromatic carbocycles. The lowest BCUT2D eigenvalue weighted by Crippen LogP contribution is -2.26. The van der Waals surface area contributed by atoms with Crippen molar-refractivity contribution >= 4 is 15.7 Å². The quantitative estimate of drug-likeness (QED) is 0.827.